The van der Waals surface area contributed by atoms with Gasteiger partial charge in [-0.3, -0.25) is 10.1 Å². The number of nitrogens with two attached hydrogens (primary N) is 1. The smallest absolute Gasteiger partial charge is 0.164 e. The molecule has 0 radical (unpaired) electrons. The van der Waals surface area contributed by atoms with Crippen molar-refractivity contribution >= 4 is 5.82 Å². The number of nitrogens with one attached hydrogen (secondary N) is 1. The summed E-state index contributed by atoms with van der Waals surface area (Å²) >= 11 is 0. The Bertz CT molecular complexity index is 707. The number of hydrogen-bond donors (Lipinski definition) is 2. The summed E-state index contributed by atoms with van der Waals surface area (Å²) in [6.07, 6.45) is 10.3. The summed E-state index contributed by atoms with van der Waals surface area (Å²) in [6, 6.07) is 1.32. The van der Waals surface area contributed by atoms with Gasteiger partial charge in [-0.1, -0.05) is 12.8 Å². The highest BCUT2D eigenvalue weighted by molar-refractivity contribution is 5.55. The molecule has 6 nitrogen and oxygen atoms in total. The van der Waals surface area contributed by atoms with Crippen LogP contribution in [0.3, 0.4) is 0 Å². The van der Waals surface area contributed by atoms with Gasteiger partial charge < -0.3 is 5.73 Å². The molecule has 0 spiro atoms. The van der Waals surface area contributed by atoms with E-state index in [0.717, 1.165) is 24.6 Å². The minimum atomic E-state index is -0.449. The van der Waals surface area contributed by atoms with Gasteiger partial charge in [0.1, 0.15) is 18.0 Å². The molecule has 0 aliphatic heterocycles. The van der Waals surface area contributed by atoms with Gasteiger partial charge in [-0.15, -0.1) is 0 Å². The monoisotopic (exact) mass is 300 g/mol. The number of nitrogens with zero attached hydrogens (tertiary/aromatic N) is 4. The molecule has 3 rings (SSSR count). The molecule has 0 saturated heterocycles. The highest BCUT2D eigenvalue weighted by atomic mass is 19.1. The third-order valence-electron chi connectivity index (χ3n) is 3.81. The number of hydrogen-bond acceptors (Lipinski definition) is 5. The maximum absolute atomic E-state index is 13.3. The van der Waals surface area contributed by atoms with Crippen LogP contribution in [0.25, 0.3) is 11.4 Å². The Balaban J connectivity index is 2.12. The predicted molar refractivity (Wildman–Crippen MR) is 80.6 cm³/mol. The second-order valence-corrected chi connectivity index (χ2v) is 5.30. The van der Waals surface area contributed by atoms with Crippen LogP contribution in [0.5, 0.6) is 0 Å². The van der Waals surface area contributed by atoms with E-state index < -0.39 is 5.82 Å². The van der Waals surface area contributed by atoms with E-state index in [-0.39, 0.29) is 0 Å². The van der Waals surface area contributed by atoms with Crippen LogP contribution in [0.2, 0.25) is 0 Å². The summed E-state index contributed by atoms with van der Waals surface area (Å²) < 4.78 is 13.3. The molecule has 0 aromatic carbocycles. The molecule has 2 aromatic rings. The third kappa shape index (κ3) is 3.19. The van der Waals surface area contributed by atoms with E-state index in [1.54, 1.807) is 6.20 Å². The number of pyridine rings is 1. The lowest BCUT2D eigenvalue weighted by Gasteiger charge is -2.09. The van der Waals surface area contributed by atoms with Crippen LogP contribution in [0.15, 0.2) is 31.0 Å². The molecule has 0 bridgehead atoms. The standard InChI is InChI=1S/C15H17FN6/c16-12-5-11(6-18-7-12)15-19-9-21-20-8-13(14(17)22-15)10-3-1-2-4-10/h5-10,20H,1-4H2,(H2,17,19,21,22). The fourth-order valence-corrected chi connectivity index (χ4v) is 2.74. The van der Waals surface area contributed by atoms with Gasteiger partial charge >= 0.3 is 0 Å². The van der Waals surface area contributed by atoms with Gasteiger partial charge in [-0.2, -0.15) is 5.10 Å². The quantitative estimate of drug-likeness (QED) is 0.889. The zero-order chi connectivity index (χ0) is 15.4. The van der Waals surface area contributed by atoms with E-state index in [9.17, 15) is 4.39 Å². The van der Waals surface area contributed by atoms with Gasteiger partial charge in [0.2, 0.25) is 0 Å². The van der Waals surface area contributed by atoms with E-state index in [4.69, 9.17) is 5.73 Å². The average Bonchev–Trinajstić information content (AvgIpc) is 3.04. The van der Waals surface area contributed by atoms with E-state index in [1.807, 2.05) is 0 Å². The van der Waals surface area contributed by atoms with Gasteiger partial charge in [-0.25, -0.2) is 14.4 Å². The minimum Gasteiger partial charge on any atom is -0.383 e. The molecule has 3 N–H and O–H groups in total. The number of aromatic amines is 1. The number of halogens is 1. The van der Waals surface area contributed by atoms with Crippen molar-refractivity contribution in [3.8, 4) is 11.4 Å². The topological polar surface area (TPSA) is 93.4 Å². The number of nitrogen functional groups attached to an aromatic ring is 1. The first-order valence-corrected chi connectivity index (χ1v) is 7.24. The third-order valence-corrected chi connectivity index (χ3v) is 3.81. The Hall–Kier alpha value is -2.57. The molecule has 114 valence electrons. The van der Waals surface area contributed by atoms with Gasteiger partial charge in [0.25, 0.3) is 0 Å². The summed E-state index contributed by atoms with van der Waals surface area (Å²) in [4.78, 5) is 12.3. The normalized spacial score (nSPS) is 14.8. The molecular formula is C15H17FN6. The zero-order valence-electron chi connectivity index (χ0n) is 12.0. The number of rotatable bonds is 2. The zero-order valence-corrected chi connectivity index (χ0v) is 12.0. The van der Waals surface area contributed by atoms with Crippen molar-refractivity contribution in [3.63, 3.8) is 0 Å². The lowest BCUT2D eigenvalue weighted by atomic mass is 10.0. The van der Waals surface area contributed by atoms with Gasteiger partial charge in [0, 0.05) is 23.5 Å². The number of anilines is 1. The van der Waals surface area contributed by atoms with E-state index >= 15 is 0 Å². The Kier molecular flexibility index (Phi) is 4.22. The van der Waals surface area contributed by atoms with Crippen LogP contribution in [-0.4, -0.2) is 25.1 Å². The lowest BCUT2D eigenvalue weighted by Crippen LogP contribution is -2.01. The van der Waals surface area contributed by atoms with Crippen molar-refractivity contribution in [1.82, 2.24) is 25.1 Å². The van der Waals surface area contributed by atoms with Crippen LogP contribution >= 0.6 is 0 Å². The molecule has 1 fully saturated rings. The van der Waals surface area contributed by atoms with Crippen LogP contribution in [0, 0.1) is 5.82 Å². The molecule has 1 aliphatic carbocycles. The fraction of sp³-hybridized carbons (Fsp3) is 0.333. The van der Waals surface area contributed by atoms with Crippen molar-refractivity contribution in [2.75, 3.05) is 5.73 Å². The van der Waals surface area contributed by atoms with Gasteiger partial charge in [0.05, 0.1) is 6.20 Å². The van der Waals surface area contributed by atoms with Crippen molar-refractivity contribution in [3.05, 3.63) is 42.4 Å². The largest absolute Gasteiger partial charge is 0.383 e. The van der Waals surface area contributed by atoms with Crippen LogP contribution in [-0.2, 0) is 0 Å². The molecule has 0 atom stereocenters. The fourth-order valence-electron chi connectivity index (χ4n) is 2.74. The van der Waals surface area contributed by atoms with Gasteiger partial charge in [0.15, 0.2) is 5.82 Å². The van der Waals surface area contributed by atoms with Crippen LogP contribution < -0.4 is 5.73 Å². The van der Waals surface area contributed by atoms with E-state index in [2.05, 4.69) is 25.1 Å². The molecule has 2 aromatic heterocycles. The number of H-pyrrole nitrogens is 1. The predicted octanol–water partition coefficient (Wildman–Crippen LogP) is 2.77. The molecule has 7 heteroatoms. The summed E-state index contributed by atoms with van der Waals surface area (Å²) in [5.74, 6) is 0.598. The Morgan fingerprint density at radius 3 is 2.82 bits per heavy atom. The van der Waals surface area contributed by atoms with Crippen molar-refractivity contribution in [2.24, 2.45) is 0 Å². The van der Waals surface area contributed by atoms with Crippen LogP contribution in [0.1, 0.15) is 37.2 Å². The van der Waals surface area contributed by atoms with E-state index in [1.165, 1.54) is 31.4 Å². The minimum absolute atomic E-state index is 0.292. The average molecular weight is 300 g/mol. The first-order chi connectivity index (χ1) is 10.7. The highest BCUT2D eigenvalue weighted by Crippen LogP contribution is 2.35. The molecule has 1 saturated carbocycles. The molecule has 0 amide bonds. The Labute approximate surface area is 127 Å². The van der Waals surface area contributed by atoms with Crippen molar-refractivity contribution < 1.29 is 4.39 Å². The van der Waals surface area contributed by atoms with Gasteiger partial charge in [-0.05, 0) is 24.8 Å². The molecule has 22 heavy (non-hydrogen) atoms. The van der Waals surface area contributed by atoms with Crippen molar-refractivity contribution in [1.29, 1.82) is 0 Å². The summed E-state index contributed by atoms with van der Waals surface area (Å²) in [6.45, 7) is 0. The summed E-state index contributed by atoms with van der Waals surface area (Å²) in [5, 5.41) is 6.78. The number of aromatic nitrogens is 5. The summed E-state index contributed by atoms with van der Waals surface area (Å²) in [5.41, 5.74) is 7.54. The second kappa shape index (κ2) is 6.46. The highest BCUT2D eigenvalue weighted by Gasteiger charge is 2.19. The molecule has 1 aliphatic rings. The Morgan fingerprint density at radius 2 is 2.05 bits per heavy atom. The first kappa shape index (κ1) is 14.4. The first-order valence-electron chi connectivity index (χ1n) is 7.24. The SMILES string of the molecule is Nc1nc(-c2cncc(F)c2)ncn[nH]cc1C1CCCC1. The molecule has 0 unspecified atom stereocenters. The summed E-state index contributed by atoms with van der Waals surface area (Å²) in [7, 11) is 0. The van der Waals surface area contributed by atoms with E-state index in [0.29, 0.717) is 23.1 Å². The second-order valence-electron chi connectivity index (χ2n) is 5.30. The van der Waals surface area contributed by atoms with Crippen molar-refractivity contribution in [2.45, 2.75) is 31.6 Å². The lowest BCUT2D eigenvalue weighted by molar-refractivity contribution is 0.622. The van der Waals surface area contributed by atoms with Crippen LogP contribution in [0.4, 0.5) is 10.2 Å². The Morgan fingerprint density at radius 1 is 1.23 bits per heavy atom. The maximum Gasteiger partial charge on any atom is 0.164 e. The maximum atomic E-state index is 13.3. The molecular weight excluding hydrogens is 283 g/mol. The molecule has 2 heterocycles.